The smallest absolute Gasteiger partial charge is 0.179 e. The van der Waals surface area contributed by atoms with E-state index in [1.54, 1.807) is 24.5 Å². The molecular formula is C22H19FN6S2. The molecule has 0 radical (unpaired) electrons. The highest BCUT2D eigenvalue weighted by atomic mass is 32.1. The molecule has 156 valence electrons. The van der Waals surface area contributed by atoms with Crippen molar-refractivity contribution in [3.8, 4) is 22.1 Å². The first-order valence-corrected chi connectivity index (χ1v) is 11.1. The number of aryl methyl sites for hydroxylation is 1. The second-order valence-electron chi connectivity index (χ2n) is 7.38. The zero-order chi connectivity index (χ0) is 21.5. The topological polar surface area (TPSA) is 59.7 Å². The average molecular weight is 451 g/mol. The molecule has 1 atom stereocenters. The van der Waals surface area contributed by atoms with Crippen LogP contribution in [-0.2, 0) is 6.54 Å². The van der Waals surface area contributed by atoms with Gasteiger partial charge in [0.2, 0.25) is 0 Å². The van der Waals surface area contributed by atoms with E-state index >= 15 is 0 Å². The summed E-state index contributed by atoms with van der Waals surface area (Å²) < 4.78 is 20.0. The maximum absolute atomic E-state index is 13.4. The van der Waals surface area contributed by atoms with Crippen molar-refractivity contribution in [3.63, 3.8) is 0 Å². The number of aromatic nitrogens is 5. The van der Waals surface area contributed by atoms with E-state index in [0.717, 1.165) is 45.7 Å². The summed E-state index contributed by atoms with van der Waals surface area (Å²) >= 11 is 7.16. The Morgan fingerprint density at radius 3 is 2.52 bits per heavy atom. The lowest BCUT2D eigenvalue weighted by atomic mass is 10.0. The Morgan fingerprint density at radius 1 is 1.10 bits per heavy atom. The van der Waals surface area contributed by atoms with Crippen molar-refractivity contribution in [1.82, 2.24) is 28.8 Å². The van der Waals surface area contributed by atoms with Crippen molar-refractivity contribution in [3.05, 3.63) is 71.7 Å². The minimum absolute atomic E-state index is 0.0234. The molecule has 1 unspecified atom stereocenters. The summed E-state index contributed by atoms with van der Waals surface area (Å²) in [5.74, 6) is 1.30. The molecule has 0 fully saturated rings. The predicted octanol–water partition coefficient (Wildman–Crippen LogP) is 4.66. The van der Waals surface area contributed by atoms with E-state index < -0.39 is 0 Å². The van der Waals surface area contributed by atoms with E-state index in [1.165, 1.54) is 23.7 Å². The maximum Gasteiger partial charge on any atom is 0.179 e. The van der Waals surface area contributed by atoms with Gasteiger partial charge in [0.05, 0.1) is 17.4 Å². The summed E-state index contributed by atoms with van der Waals surface area (Å²) in [6, 6.07) is 10.2. The maximum atomic E-state index is 13.4. The van der Waals surface area contributed by atoms with Crippen LogP contribution in [0.2, 0.25) is 0 Å². The van der Waals surface area contributed by atoms with Crippen molar-refractivity contribution in [1.29, 1.82) is 0 Å². The predicted molar refractivity (Wildman–Crippen MR) is 122 cm³/mol. The summed E-state index contributed by atoms with van der Waals surface area (Å²) in [6.45, 7) is 5.45. The Bertz CT molecular complexity index is 1250. The summed E-state index contributed by atoms with van der Waals surface area (Å²) in [4.78, 5) is 16.6. The van der Waals surface area contributed by atoms with Gasteiger partial charge in [-0.05, 0) is 61.8 Å². The van der Waals surface area contributed by atoms with Crippen molar-refractivity contribution >= 4 is 28.7 Å². The number of pyridine rings is 1. The molecule has 0 aliphatic carbocycles. The van der Waals surface area contributed by atoms with Crippen molar-refractivity contribution in [2.45, 2.75) is 26.4 Å². The third-order valence-corrected chi connectivity index (χ3v) is 6.73. The van der Waals surface area contributed by atoms with Gasteiger partial charge in [-0.3, -0.25) is 4.98 Å². The zero-order valence-electron chi connectivity index (χ0n) is 17.0. The number of nitrogens with zero attached hydrogens (tertiary/aromatic N) is 6. The number of hydrogen-bond donors (Lipinski definition) is 0. The molecule has 1 aliphatic heterocycles. The molecule has 0 bridgehead atoms. The number of benzene rings is 1. The first-order valence-electron chi connectivity index (χ1n) is 9.91. The van der Waals surface area contributed by atoms with Crippen molar-refractivity contribution in [2.24, 2.45) is 0 Å². The fourth-order valence-electron chi connectivity index (χ4n) is 3.97. The van der Waals surface area contributed by atoms with Gasteiger partial charge in [-0.15, -0.1) is 0 Å². The van der Waals surface area contributed by atoms with Gasteiger partial charge in [-0.25, -0.2) is 14.4 Å². The molecule has 1 aliphatic rings. The molecule has 9 heteroatoms. The van der Waals surface area contributed by atoms with Crippen LogP contribution in [0.4, 0.5) is 4.39 Å². The number of rotatable bonds is 3. The Kier molecular flexibility index (Phi) is 5.07. The van der Waals surface area contributed by atoms with Crippen LogP contribution in [0.1, 0.15) is 30.0 Å². The summed E-state index contributed by atoms with van der Waals surface area (Å²) in [5.41, 5.74) is 3.79. The molecule has 4 heterocycles. The lowest BCUT2D eigenvalue weighted by Gasteiger charge is -2.37. The fraction of sp³-hybridized carbons (Fsp3) is 0.227. The first kappa shape index (κ1) is 19.9. The summed E-state index contributed by atoms with van der Waals surface area (Å²) in [7, 11) is 0. The normalized spacial score (nSPS) is 15.7. The molecule has 6 nitrogen and oxygen atoms in total. The summed E-state index contributed by atoms with van der Waals surface area (Å²) in [6.07, 6.45) is 3.54. The number of imidazole rings is 1. The highest BCUT2D eigenvalue weighted by molar-refractivity contribution is 7.80. The third kappa shape index (κ3) is 3.53. The van der Waals surface area contributed by atoms with Crippen molar-refractivity contribution < 1.29 is 4.39 Å². The minimum Gasteiger partial charge on any atom is -0.352 e. The minimum atomic E-state index is -0.270. The van der Waals surface area contributed by atoms with Crippen LogP contribution in [0, 0.1) is 12.7 Å². The molecule has 0 saturated carbocycles. The molecular weight excluding hydrogens is 431 g/mol. The lowest BCUT2D eigenvalue weighted by molar-refractivity contribution is 0.279. The largest absolute Gasteiger partial charge is 0.352 e. The highest BCUT2D eigenvalue weighted by Crippen LogP contribution is 2.38. The molecule has 4 aromatic rings. The Hall–Kier alpha value is -3.04. The van der Waals surface area contributed by atoms with Crippen LogP contribution in [0.25, 0.3) is 22.1 Å². The second-order valence-corrected chi connectivity index (χ2v) is 8.52. The van der Waals surface area contributed by atoms with Gasteiger partial charge >= 0.3 is 0 Å². The average Bonchev–Trinajstić information content (AvgIpc) is 3.39. The van der Waals surface area contributed by atoms with Gasteiger partial charge in [-0.2, -0.15) is 4.37 Å². The van der Waals surface area contributed by atoms with E-state index in [9.17, 15) is 4.39 Å². The van der Waals surface area contributed by atoms with Gasteiger partial charge in [-0.1, -0.05) is 12.2 Å². The van der Waals surface area contributed by atoms with Gasteiger partial charge in [0.1, 0.15) is 16.6 Å². The number of fused-ring (bicyclic) bond motifs is 1. The van der Waals surface area contributed by atoms with Gasteiger partial charge < -0.3 is 9.47 Å². The quantitative estimate of drug-likeness (QED) is 0.423. The standard InChI is InChI=1S/C22H19FN6S2/c1-13-19-18(15-7-9-24-10-8-15)26-20(21-25-14(2)27-31-21)29(19)12-11-28(13)22(30)16-3-5-17(23)6-4-16/h3-10,13H,11-12H2,1-2H3. The van der Waals surface area contributed by atoms with Crippen LogP contribution in [-0.4, -0.2) is 40.3 Å². The molecule has 0 amide bonds. The summed E-state index contributed by atoms with van der Waals surface area (Å²) in [5, 5.41) is 0.806. The van der Waals surface area contributed by atoms with Gasteiger partial charge in [0, 0.05) is 36.6 Å². The Labute approximate surface area is 188 Å². The van der Waals surface area contributed by atoms with Crippen LogP contribution in [0.3, 0.4) is 0 Å². The molecule has 0 spiro atoms. The zero-order valence-corrected chi connectivity index (χ0v) is 18.6. The lowest BCUT2D eigenvalue weighted by Crippen LogP contribution is -2.40. The highest BCUT2D eigenvalue weighted by Gasteiger charge is 2.33. The van der Waals surface area contributed by atoms with E-state index in [1.807, 2.05) is 19.1 Å². The third-order valence-electron chi connectivity index (χ3n) is 5.46. The SMILES string of the molecule is Cc1nsc(-c2nc(-c3ccncc3)c3n2CCN(C(=S)c2ccc(F)cc2)C3C)n1. The second kappa shape index (κ2) is 7.90. The molecule has 31 heavy (non-hydrogen) atoms. The van der Waals surface area contributed by atoms with Crippen LogP contribution < -0.4 is 0 Å². The van der Waals surface area contributed by atoms with Crippen LogP contribution in [0.15, 0.2) is 48.8 Å². The first-order chi connectivity index (χ1) is 15.0. The van der Waals surface area contributed by atoms with Crippen LogP contribution in [0.5, 0.6) is 0 Å². The van der Waals surface area contributed by atoms with Gasteiger partial charge in [0.15, 0.2) is 10.8 Å². The molecule has 5 rings (SSSR count). The van der Waals surface area contributed by atoms with E-state index in [-0.39, 0.29) is 11.9 Å². The Morgan fingerprint density at radius 2 is 1.84 bits per heavy atom. The number of thiocarbonyl (C=S) groups is 1. The molecule has 3 aromatic heterocycles. The molecule has 0 saturated heterocycles. The van der Waals surface area contributed by atoms with E-state index in [2.05, 4.69) is 30.7 Å². The molecule has 0 N–H and O–H groups in total. The number of halogens is 1. The Balaban J connectivity index is 1.61. The van der Waals surface area contributed by atoms with E-state index in [0.29, 0.717) is 11.5 Å². The van der Waals surface area contributed by atoms with Crippen molar-refractivity contribution in [2.75, 3.05) is 6.54 Å². The molecule has 1 aromatic carbocycles. The monoisotopic (exact) mass is 450 g/mol. The fourth-order valence-corrected chi connectivity index (χ4v) is 5.03. The number of hydrogen-bond acceptors (Lipinski definition) is 6. The van der Waals surface area contributed by atoms with Gasteiger partial charge in [0.25, 0.3) is 0 Å². The van der Waals surface area contributed by atoms with E-state index in [4.69, 9.17) is 17.2 Å². The van der Waals surface area contributed by atoms with Crippen LogP contribution >= 0.6 is 23.8 Å².